The Hall–Kier alpha value is -3.45. The van der Waals surface area contributed by atoms with E-state index in [1.54, 1.807) is 24.8 Å². The van der Waals surface area contributed by atoms with Gasteiger partial charge < -0.3 is 21.3 Å². The van der Waals surface area contributed by atoms with Gasteiger partial charge in [-0.3, -0.25) is 0 Å². The molecule has 4 heterocycles. The third kappa shape index (κ3) is 27.0. The first-order valence-electron chi connectivity index (χ1n) is 17.4. The smallest absolute Gasteiger partial charge is 0.162 e. The van der Waals surface area contributed by atoms with E-state index in [0.29, 0.717) is 36.8 Å². The van der Waals surface area contributed by atoms with Crippen LogP contribution in [0.25, 0.3) is 0 Å². The third-order valence-electron chi connectivity index (χ3n) is 5.19. The van der Waals surface area contributed by atoms with E-state index < -0.39 is 16.1 Å². The Labute approximate surface area is 378 Å². The Bertz CT molecular complexity index is 1970. The summed E-state index contributed by atoms with van der Waals surface area (Å²) in [6.45, 7) is 23.3. The molecule has 0 spiro atoms. The molecule has 312 valence electrons. The summed E-state index contributed by atoms with van der Waals surface area (Å²) >= 11 is 12.8. The molecule has 18 heteroatoms. The molecule has 4 aromatic rings. The zero-order valence-corrected chi connectivity index (χ0v) is 43.6. The molecule has 0 aromatic carbocycles. The molecule has 0 radical (unpaired) electrons. The number of aromatic nitrogens is 8. The highest BCUT2D eigenvalue weighted by atomic mass is 79.9. The summed E-state index contributed by atoms with van der Waals surface area (Å²) in [6.07, 6.45) is 13.0. The fourth-order valence-corrected chi connectivity index (χ4v) is 5.34. The highest BCUT2D eigenvalue weighted by Crippen LogP contribution is 2.17. The SMILES string of the molecule is C.C#Cc1nc(C)cnc1N(C)C.CC.CCC.CN(C)c1ncc(Br)nc1C#C[Si](C)(C)C.C[Si](C)(C)C#Cc1nc(Br)cnc1N.Nc1ncc(Br)nc1Br. The molecule has 57 heavy (non-hydrogen) atoms. The minimum Gasteiger partial charge on any atom is -0.381 e. The fourth-order valence-electron chi connectivity index (χ4n) is 2.99. The zero-order valence-electron chi connectivity index (χ0n) is 35.2. The van der Waals surface area contributed by atoms with Crippen molar-refractivity contribution in [2.45, 2.75) is 87.7 Å². The first-order valence-corrected chi connectivity index (χ1v) is 27.6. The number of nitrogen functional groups attached to an aromatic ring is 2. The summed E-state index contributed by atoms with van der Waals surface area (Å²) in [6, 6.07) is 0. The Balaban J connectivity index is -0.000000662. The van der Waals surface area contributed by atoms with Crippen molar-refractivity contribution in [3.63, 3.8) is 0 Å². The lowest BCUT2D eigenvalue weighted by Crippen LogP contribution is -2.17. The molecule has 4 N–H and O–H groups in total. The Morgan fingerprint density at radius 3 is 1.39 bits per heavy atom. The van der Waals surface area contributed by atoms with Crippen LogP contribution in [-0.4, -0.2) is 84.2 Å². The highest BCUT2D eigenvalue weighted by molar-refractivity contribution is 9.11. The van der Waals surface area contributed by atoms with E-state index in [0.717, 1.165) is 27.6 Å². The van der Waals surface area contributed by atoms with Crippen LogP contribution in [0.3, 0.4) is 0 Å². The Morgan fingerprint density at radius 1 is 0.614 bits per heavy atom. The van der Waals surface area contributed by atoms with Crippen LogP contribution >= 0.6 is 63.7 Å². The van der Waals surface area contributed by atoms with E-state index in [2.05, 4.69) is 186 Å². The molecule has 4 aromatic heterocycles. The van der Waals surface area contributed by atoms with Gasteiger partial charge in [-0.1, -0.05) is 92.7 Å². The zero-order chi connectivity index (χ0) is 43.8. The molecule has 0 aliphatic rings. The van der Waals surface area contributed by atoms with Gasteiger partial charge in [0.2, 0.25) is 0 Å². The summed E-state index contributed by atoms with van der Waals surface area (Å²) in [5.74, 6) is 11.0. The molecule has 4 rings (SSSR count). The van der Waals surface area contributed by atoms with Gasteiger partial charge in [0.1, 0.15) is 34.6 Å². The van der Waals surface area contributed by atoms with Crippen LogP contribution in [0.2, 0.25) is 39.3 Å². The number of aryl methyl sites for hydroxylation is 1. The molecular weight excluding hydrogens is 1010 g/mol. The van der Waals surface area contributed by atoms with Gasteiger partial charge in [-0.15, -0.1) is 17.5 Å². The lowest BCUT2D eigenvalue weighted by Gasteiger charge is -2.12. The summed E-state index contributed by atoms with van der Waals surface area (Å²) in [7, 11) is 4.90. The van der Waals surface area contributed by atoms with Crippen LogP contribution in [0.15, 0.2) is 43.2 Å². The molecular formula is C39H60Br4N12Si2. The molecule has 0 unspecified atom stereocenters. The predicted molar refractivity (Wildman–Crippen MR) is 264 cm³/mol. The fraction of sp³-hybridized carbons (Fsp3) is 0.436. The maximum absolute atomic E-state index is 5.64. The number of terminal acetylenes is 1. The first kappa shape index (κ1) is 57.9. The van der Waals surface area contributed by atoms with Gasteiger partial charge in [0, 0.05) is 28.2 Å². The summed E-state index contributed by atoms with van der Waals surface area (Å²) in [5, 5.41) is 0. The number of nitrogens with zero attached hydrogens (tertiary/aromatic N) is 10. The van der Waals surface area contributed by atoms with Crippen molar-refractivity contribution in [3.05, 3.63) is 66.0 Å². The van der Waals surface area contributed by atoms with Crippen molar-refractivity contribution in [2.24, 2.45) is 0 Å². The summed E-state index contributed by atoms with van der Waals surface area (Å²) in [5.41, 5.74) is 20.2. The van der Waals surface area contributed by atoms with E-state index in [4.69, 9.17) is 17.9 Å². The Kier molecular flexibility index (Phi) is 30.2. The van der Waals surface area contributed by atoms with Crippen molar-refractivity contribution >= 4 is 103 Å². The number of nitrogens with two attached hydrogens (primary N) is 2. The second-order valence-electron chi connectivity index (χ2n) is 13.5. The maximum Gasteiger partial charge on any atom is 0.162 e. The average Bonchev–Trinajstić information content (AvgIpc) is 3.10. The Morgan fingerprint density at radius 2 is 0.982 bits per heavy atom. The van der Waals surface area contributed by atoms with Gasteiger partial charge in [0.05, 0.1) is 30.5 Å². The molecule has 0 fully saturated rings. The van der Waals surface area contributed by atoms with E-state index in [1.165, 1.54) is 6.42 Å². The van der Waals surface area contributed by atoms with Crippen LogP contribution in [-0.2, 0) is 0 Å². The van der Waals surface area contributed by atoms with Crippen LogP contribution in [0.5, 0.6) is 0 Å². The number of rotatable bonds is 2. The quantitative estimate of drug-likeness (QED) is 0.145. The normalized spacial score (nSPS) is 9.44. The molecule has 0 saturated heterocycles. The van der Waals surface area contributed by atoms with Crippen molar-refractivity contribution in [3.8, 4) is 35.3 Å². The van der Waals surface area contributed by atoms with Crippen LogP contribution in [0.1, 0.15) is 64.3 Å². The van der Waals surface area contributed by atoms with Crippen molar-refractivity contribution in [1.82, 2.24) is 39.9 Å². The predicted octanol–water partition coefficient (Wildman–Crippen LogP) is 10.1. The van der Waals surface area contributed by atoms with Crippen LogP contribution < -0.4 is 21.3 Å². The van der Waals surface area contributed by atoms with E-state index in [-0.39, 0.29) is 7.43 Å². The monoisotopic (exact) mass is 1070 g/mol. The van der Waals surface area contributed by atoms with Crippen LogP contribution in [0.4, 0.5) is 23.3 Å². The number of anilines is 4. The minimum absolute atomic E-state index is 0. The topological polar surface area (TPSA) is 162 Å². The third-order valence-corrected chi connectivity index (χ3v) is 8.67. The van der Waals surface area contributed by atoms with Crippen molar-refractivity contribution < 1.29 is 0 Å². The van der Waals surface area contributed by atoms with Gasteiger partial charge in [-0.2, -0.15) is 0 Å². The molecule has 0 aliphatic carbocycles. The highest BCUT2D eigenvalue weighted by Gasteiger charge is 2.11. The first-order chi connectivity index (χ1) is 25.9. The maximum atomic E-state index is 5.64. The molecule has 0 atom stereocenters. The largest absolute Gasteiger partial charge is 0.381 e. The van der Waals surface area contributed by atoms with Gasteiger partial charge in [0.25, 0.3) is 0 Å². The van der Waals surface area contributed by atoms with Gasteiger partial charge in [-0.25, -0.2) is 39.9 Å². The standard InChI is InChI=1S/C11H16BrN3Si.C9H12BrN3Si.C9H11N3.C4H3Br2N3.C3H8.C2H6.CH4/c1-15(2)11-9(6-7-16(3,4)5)14-10(12)8-13-11;1-14(2,3)5-4-7-9(11)12-6-8(10)13-7;1-5-8-9(12(3)4)10-6-7(2)11-8;5-2-1-8-4(7)3(6)9-2;1-3-2;1-2;/h8H,1-5H3;6H,1-3H3,(H2,11,12);1,6H,2-4H3;1H,(H2,7,8);3H2,1-2H3;1-2H3;1H4. The molecule has 0 saturated carbocycles. The second-order valence-corrected chi connectivity index (χ2v) is 26.2. The number of hydrogen-bond donors (Lipinski definition) is 2. The lowest BCUT2D eigenvalue weighted by molar-refractivity contribution is 1.01. The molecule has 0 aliphatic heterocycles. The van der Waals surface area contributed by atoms with E-state index in [1.807, 2.05) is 58.8 Å². The number of hydrogen-bond acceptors (Lipinski definition) is 12. The van der Waals surface area contributed by atoms with E-state index in [9.17, 15) is 0 Å². The summed E-state index contributed by atoms with van der Waals surface area (Å²) < 4.78 is 2.62. The molecule has 12 nitrogen and oxygen atoms in total. The van der Waals surface area contributed by atoms with Crippen molar-refractivity contribution in [1.29, 1.82) is 0 Å². The molecule has 0 amide bonds. The van der Waals surface area contributed by atoms with Gasteiger partial charge in [-0.05, 0) is 76.6 Å². The van der Waals surface area contributed by atoms with Gasteiger partial charge >= 0.3 is 0 Å². The van der Waals surface area contributed by atoms with Crippen LogP contribution in [0, 0.1) is 42.2 Å². The van der Waals surface area contributed by atoms with Crippen molar-refractivity contribution in [2.75, 3.05) is 49.5 Å². The van der Waals surface area contributed by atoms with E-state index >= 15 is 0 Å². The number of halogens is 4. The van der Waals surface area contributed by atoms with Gasteiger partial charge in [0.15, 0.2) is 40.4 Å². The minimum atomic E-state index is -1.38. The second kappa shape index (κ2) is 29.7. The summed E-state index contributed by atoms with van der Waals surface area (Å²) in [4.78, 5) is 36.6. The molecule has 0 bridgehead atoms. The average molecular weight is 1070 g/mol. The lowest BCUT2D eigenvalue weighted by atomic mass is 10.3.